The van der Waals surface area contributed by atoms with Crippen molar-refractivity contribution in [1.82, 2.24) is 10.2 Å². The fourth-order valence-electron chi connectivity index (χ4n) is 3.48. The normalized spacial score (nSPS) is 29.2. The van der Waals surface area contributed by atoms with Crippen molar-refractivity contribution in [3.8, 4) is 0 Å². The molecule has 0 aromatic rings. The topological polar surface area (TPSA) is 58.4 Å². The first-order chi connectivity index (χ1) is 8.74. The van der Waals surface area contributed by atoms with Crippen LogP contribution in [0.5, 0.6) is 0 Å². The molecule has 0 spiro atoms. The molecule has 18 heavy (non-hydrogen) atoms. The summed E-state index contributed by atoms with van der Waals surface area (Å²) in [6, 6.07) is 0.243. The van der Waals surface area contributed by atoms with E-state index < -0.39 is 0 Å². The summed E-state index contributed by atoms with van der Waals surface area (Å²) in [5.41, 5.74) is 5.86. The van der Waals surface area contributed by atoms with Gasteiger partial charge in [-0.15, -0.1) is 0 Å². The van der Waals surface area contributed by atoms with Crippen LogP contribution in [-0.2, 0) is 4.79 Å². The molecule has 104 valence electrons. The van der Waals surface area contributed by atoms with Crippen LogP contribution >= 0.6 is 0 Å². The van der Waals surface area contributed by atoms with E-state index in [9.17, 15) is 4.79 Å². The standard InChI is InChI=1S/C14H27N3O/c1-2-6-16-14(18)7-13(8-15)17-9-11-4-3-5-12(11)10-17/h11-13H,2-10,15H2,1H3,(H,16,18). The van der Waals surface area contributed by atoms with Gasteiger partial charge in [-0.2, -0.15) is 0 Å². The Kier molecular flexibility index (Phi) is 5.01. The van der Waals surface area contributed by atoms with E-state index in [-0.39, 0.29) is 11.9 Å². The maximum atomic E-state index is 11.8. The van der Waals surface area contributed by atoms with E-state index >= 15 is 0 Å². The van der Waals surface area contributed by atoms with Crippen LogP contribution in [0.1, 0.15) is 39.0 Å². The first kappa shape index (κ1) is 13.8. The van der Waals surface area contributed by atoms with Crippen molar-refractivity contribution in [3.63, 3.8) is 0 Å². The molecule has 4 heteroatoms. The molecule has 3 N–H and O–H groups in total. The summed E-state index contributed by atoms with van der Waals surface area (Å²) in [6.07, 6.45) is 5.71. The molecule has 0 aromatic heterocycles. The maximum absolute atomic E-state index is 11.8. The van der Waals surface area contributed by atoms with Crippen molar-refractivity contribution in [2.45, 2.75) is 45.1 Å². The van der Waals surface area contributed by atoms with Crippen LogP contribution in [0.2, 0.25) is 0 Å². The van der Waals surface area contributed by atoms with Gasteiger partial charge in [0.15, 0.2) is 0 Å². The molecule has 3 atom stereocenters. The molecule has 2 fully saturated rings. The number of hydrogen-bond acceptors (Lipinski definition) is 3. The van der Waals surface area contributed by atoms with Crippen LogP contribution in [0.3, 0.4) is 0 Å². The molecule has 0 radical (unpaired) electrons. The third-order valence-electron chi connectivity index (χ3n) is 4.54. The molecule has 0 bridgehead atoms. The number of carbonyl (C=O) groups is 1. The zero-order valence-electron chi connectivity index (χ0n) is 11.5. The van der Waals surface area contributed by atoms with Gasteiger partial charge in [-0.3, -0.25) is 9.69 Å². The first-order valence-corrected chi connectivity index (χ1v) is 7.45. The van der Waals surface area contributed by atoms with Gasteiger partial charge in [0, 0.05) is 38.6 Å². The van der Waals surface area contributed by atoms with Crippen LogP contribution in [-0.4, -0.2) is 43.0 Å². The molecule has 4 nitrogen and oxygen atoms in total. The summed E-state index contributed by atoms with van der Waals surface area (Å²) >= 11 is 0. The Balaban J connectivity index is 1.80. The summed E-state index contributed by atoms with van der Waals surface area (Å²) in [4.78, 5) is 14.2. The fourth-order valence-corrected chi connectivity index (χ4v) is 3.48. The highest BCUT2D eigenvalue weighted by Gasteiger charge is 2.38. The van der Waals surface area contributed by atoms with Gasteiger partial charge in [-0.1, -0.05) is 13.3 Å². The highest BCUT2D eigenvalue weighted by atomic mass is 16.1. The lowest BCUT2D eigenvalue weighted by Crippen LogP contribution is -2.43. The van der Waals surface area contributed by atoms with Crippen LogP contribution < -0.4 is 11.1 Å². The summed E-state index contributed by atoms with van der Waals surface area (Å²) in [5.74, 6) is 1.90. The van der Waals surface area contributed by atoms with Gasteiger partial charge in [0.1, 0.15) is 0 Å². The second-order valence-corrected chi connectivity index (χ2v) is 5.85. The quantitative estimate of drug-likeness (QED) is 0.741. The van der Waals surface area contributed by atoms with Gasteiger partial charge < -0.3 is 11.1 Å². The van der Waals surface area contributed by atoms with Gasteiger partial charge in [-0.05, 0) is 31.1 Å². The lowest BCUT2D eigenvalue weighted by molar-refractivity contribution is -0.122. The Labute approximate surface area is 110 Å². The van der Waals surface area contributed by atoms with Crippen molar-refractivity contribution in [1.29, 1.82) is 0 Å². The molecule has 1 aliphatic carbocycles. The van der Waals surface area contributed by atoms with E-state index in [4.69, 9.17) is 5.73 Å². The van der Waals surface area contributed by atoms with Crippen molar-refractivity contribution in [3.05, 3.63) is 0 Å². The zero-order valence-corrected chi connectivity index (χ0v) is 11.5. The first-order valence-electron chi connectivity index (χ1n) is 7.45. The van der Waals surface area contributed by atoms with E-state index in [0.29, 0.717) is 13.0 Å². The van der Waals surface area contributed by atoms with Gasteiger partial charge in [0.05, 0.1) is 0 Å². The third-order valence-corrected chi connectivity index (χ3v) is 4.54. The number of carbonyl (C=O) groups excluding carboxylic acids is 1. The molecular weight excluding hydrogens is 226 g/mol. The van der Waals surface area contributed by atoms with Gasteiger partial charge in [0.2, 0.25) is 5.91 Å². The van der Waals surface area contributed by atoms with Crippen LogP contribution in [0.15, 0.2) is 0 Å². The van der Waals surface area contributed by atoms with E-state index in [0.717, 1.165) is 37.9 Å². The smallest absolute Gasteiger partial charge is 0.221 e. The largest absolute Gasteiger partial charge is 0.356 e. The highest BCUT2D eigenvalue weighted by molar-refractivity contribution is 5.76. The molecule has 1 aliphatic heterocycles. The SMILES string of the molecule is CCCNC(=O)CC(CN)N1CC2CCCC2C1. The predicted molar refractivity (Wildman–Crippen MR) is 73.2 cm³/mol. The second kappa shape index (κ2) is 6.53. The second-order valence-electron chi connectivity index (χ2n) is 5.85. The number of nitrogens with two attached hydrogens (primary N) is 1. The number of hydrogen-bond donors (Lipinski definition) is 2. The zero-order chi connectivity index (χ0) is 13.0. The maximum Gasteiger partial charge on any atom is 0.221 e. The highest BCUT2D eigenvalue weighted by Crippen LogP contribution is 2.38. The molecule has 1 heterocycles. The van der Waals surface area contributed by atoms with Crippen LogP contribution in [0.25, 0.3) is 0 Å². The summed E-state index contributed by atoms with van der Waals surface area (Å²) in [6.45, 7) is 5.77. The Morgan fingerprint density at radius 3 is 2.61 bits per heavy atom. The molecular formula is C14H27N3O. The van der Waals surface area contributed by atoms with Crippen molar-refractivity contribution in [2.24, 2.45) is 17.6 Å². The van der Waals surface area contributed by atoms with E-state index in [1.807, 2.05) is 0 Å². The summed E-state index contributed by atoms with van der Waals surface area (Å²) < 4.78 is 0. The van der Waals surface area contributed by atoms with Crippen molar-refractivity contribution < 1.29 is 4.79 Å². The number of nitrogens with zero attached hydrogens (tertiary/aromatic N) is 1. The molecule has 2 aliphatic rings. The van der Waals surface area contributed by atoms with Gasteiger partial charge >= 0.3 is 0 Å². The summed E-state index contributed by atoms with van der Waals surface area (Å²) in [5, 5.41) is 2.95. The average Bonchev–Trinajstić information content (AvgIpc) is 2.93. The fraction of sp³-hybridized carbons (Fsp3) is 0.929. The minimum Gasteiger partial charge on any atom is -0.356 e. The Hall–Kier alpha value is -0.610. The monoisotopic (exact) mass is 253 g/mol. The van der Waals surface area contributed by atoms with Gasteiger partial charge in [0.25, 0.3) is 0 Å². The summed E-state index contributed by atoms with van der Waals surface area (Å²) in [7, 11) is 0. The Bertz CT molecular complexity index is 270. The van der Waals surface area contributed by atoms with Crippen molar-refractivity contribution >= 4 is 5.91 Å². The average molecular weight is 253 g/mol. The van der Waals surface area contributed by atoms with Crippen LogP contribution in [0, 0.1) is 11.8 Å². The number of rotatable bonds is 6. The molecule has 1 saturated heterocycles. The Morgan fingerprint density at radius 2 is 2.06 bits per heavy atom. The van der Waals surface area contributed by atoms with E-state index in [2.05, 4.69) is 17.1 Å². The number of fused-ring (bicyclic) bond motifs is 1. The number of amides is 1. The minimum atomic E-state index is 0.157. The molecule has 1 amide bonds. The third kappa shape index (κ3) is 3.23. The number of likely N-dealkylation sites (tertiary alicyclic amines) is 1. The van der Waals surface area contributed by atoms with E-state index in [1.165, 1.54) is 19.3 Å². The van der Waals surface area contributed by atoms with Crippen LogP contribution in [0.4, 0.5) is 0 Å². The van der Waals surface area contributed by atoms with E-state index in [1.54, 1.807) is 0 Å². The molecule has 1 saturated carbocycles. The number of nitrogens with one attached hydrogen (secondary N) is 1. The molecule has 2 rings (SSSR count). The van der Waals surface area contributed by atoms with Gasteiger partial charge in [-0.25, -0.2) is 0 Å². The predicted octanol–water partition coefficient (Wildman–Crippen LogP) is 0.962. The lowest BCUT2D eigenvalue weighted by Gasteiger charge is -2.26. The molecule has 0 aromatic carbocycles. The Morgan fingerprint density at radius 1 is 1.39 bits per heavy atom. The molecule has 3 unspecified atom stereocenters. The minimum absolute atomic E-state index is 0.157. The lowest BCUT2D eigenvalue weighted by atomic mass is 10.0. The van der Waals surface area contributed by atoms with Crippen molar-refractivity contribution in [2.75, 3.05) is 26.2 Å².